The number of sulfonamides is 1. The lowest BCUT2D eigenvalue weighted by Crippen LogP contribution is -2.14. The zero-order valence-electron chi connectivity index (χ0n) is 13.1. The smallest absolute Gasteiger partial charge is 0.241 e. The number of hydrogen-bond donors (Lipinski definition) is 1. The molecule has 0 amide bonds. The van der Waals surface area contributed by atoms with E-state index in [1.165, 1.54) is 6.20 Å². The van der Waals surface area contributed by atoms with Crippen molar-refractivity contribution in [2.24, 2.45) is 5.14 Å². The first-order valence-corrected chi connectivity index (χ1v) is 8.83. The summed E-state index contributed by atoms with van der Waals surface area (Å²) in [6, 6.07) is 13.1. The van der Waals surface area contributed by atoms with E-state index in [2.05, 4.69) is 4.98 Å². The summed E-state index contributed by atoms with van der Waals surface area (Å²) in [5, 5.41) is 13.9. The van der Waals surface area contributed by atoms with E-state index in [0.29, 0.717) is 22.8 Å². The van der Waals surface area contributed by atoms with Crippen molar-refractivity contribution in [1.29, 1.82) is 5.26 Å². The maximum Gasteiger partial charge on any atom is 0.241 e. The van der Waals surface area contributed by atoms with Gasteiger partial charge in [-0.1, -0.05) is 18.2 Å². The standard InChI is InChI=1S/C18H11F2N3O2S/c19-15-9-17(26(22,24)25)16(20)8-14(15)18-13(5-2-6-23-18)12-4-1-3-11(7-12)10-21/h1-9H,(H2,22,24,25). The van der Waals surface area contributed by atoms with Crippen LogP contribution in [0.2, 0.25) is 0 Å². The fourth-order valence-electron chi connectivity index (χ4n) is 2.54. The predicted octanol–water partition coefficient (Wildman–Crippen LogP) is 3.21. The summed E-state index contributed by atoms with van der Waals surface area (Å²) in [4.78, 5) is 3.18. The fraction of sp³-hybridized carbons (Fsp3) is 0. The topological polar surface area (TPSA) is 96.8 Å². The van der Waals surface area contributed by atoms with E-state index in [1.54, 1.807) is 36.4 Å². The molecule has 1 heterocycles. The van der Waals surface area contributed by atoms with Crippen LogP contribution in [-0.4, -0.2) is 13.4 Å². The first kappa shape index (κ1) is 17.7. The molecule has 2 N–H and O–H groups in total. The molecule has 0 bridgehead atoms. The molecule has 3 aromatic rings. The third-order valence-electron chi connectivity index (χ3n) is 3.69. The first-order chi connectivity index (χ1) is 12.3. The second-order valence-electron chi connectivity index (χ2n) is 5.40. The second kappa shape index (κ2) is 6.63. The minimum Gasteiger partial charge on any atom is -0.255 e. The van der Waals surface area contributed by atoms with Gasteiger partial charge in [-0.25, -0.2) is 22.3 Å². The molecule has 0 saturated carbocycles. The maximum absolute atomic E-state index is 14.5. The van der Waals surface area contributed by atoms with E-state index in [-0.39, 0.29) is 11.3 Å². The Balaban J connectivity index is 2.24. The Morgan fingerprint density at radius 3 is 2.46 bits per heavy atom. The number of aromatic nitrogens is 1. The van der Waals surface area contributed by atoms with Crippen LogP contribution in [0.3, 0.4) is 0 Å². The van der Waals surface area contributed by atoms with Crippen LogP contribution < -0.4 is 5.14 Å². The average Bonchev–Trinajstić information content (AvgIpc) is 2.62. The molecule has 130 valence electrons. The number of nitriles is 1. The lowest BCUT2D eigenvalue weighted by atomic mass is 9.98. The Morgan fingerprint density at radius 1 is 1.00 bits per heavy atom. The highest BCUT2D eigenvalue weighted by atomic mass is 32.2. The second-order valence-corrected chi connectivity index (χ2v) is 6.93. The van der Waals surface area contributed by atoms with Crippen molar-refractivity contribution in [1.82, 2.24) is 4.98 Å². The largest absolute Gasteiger partial charge is 0.255 e. The highest BCUT2D eigenvalue weighted by Gasteiger charge is 2.21. The Morgan fingerprint density at radius 2 is 1.77 bits per heavy atom. The van der Waals surface area contributed by atoms with Gasteiger partial charge in [-0.3, -0.25) is 4.98 Å². The minimum atomic E-state index is -4.40. The molecule has 0 saturated heterocycles. The van der Waals surface area contributed by atoms with Crippen LogP contribution in [0.5, 0.6) is 0 Å². The minimum absolute atomic E-state index is 0.111. The van der Waals surface area contributed by atoms with Gasteiger partial charge in [0, 0.05) is 17.3 Å². The summed E-state index contributed by atoms with van der Waals surface area (Å²) < 4.78 is 51.4. The molecule has 0 aliphatic carbocycles. The summed E-state index contributed by atoms with van der Waals surface area (Å²) in [5.74, 6) is -2.15. The molecule has 1 aromatic heterocycles. The van der Waals surface area contributed by atoms with Crippen molar-refractivity contribution in [3.05, 3.63) is 71.9 Å². The van der Waals surface area contributed by atoms with Gasteiger partial charge in [-0.15, -0.1) is 0 Å². The van der Waals surface area contributed by atoms with E-state index in [9.17, 15) is 17.2 Å². The van der Waals surface area contributed by atoms with Crippen molar-refractivity contribution in [2.45, 2.75) is 4.90 Å². The molecule has 0 unspecified atom stereocenters. The van der Waals surface area contributed by atoms with Gasteiger partial charge in [0.2, 0.25) is 10.0 Å². The van der Waals surface area contributed by atoms with Crippen molar-refractivity contribution in [3.63, 3.8) is 0 Å². The number of benzene rings is 2. The zero-order valence-corrected chi connectivity index (χ0v) is 14.0. The summed E-state index contributed by atoms with van der Waals surface area (Å²) >= 11 is 0. The number of nitrogens with zero attached hydrogens (tertiary/aromatic N) is 2. The van der Waals surface area contributed by atoms with Gasteiger partial charge in [0.1, 0.15) is 16.5 Å². The monoisotopic (exact) mass is 371 g/mol. The number of rotatable bonds is 3. The Bertz CT molecular complexity index is 1160. The Hall–Kier alpha value is -3.15. The molecule has 0 atom stereocenters. The number of nitrogens with two attached hydrogens (primary N) is 1. The molecule has 0 spiro atoms. The van der Waals surface area contributed by atoms with E-state index < -0.39 is 26.6 Å². The Kier molecular flexibility index (Phi) is 4.50. The van der Waals surface area contributed by atoms with Gasteiger partial charge in [0.25, 0.3) is 0 Å². The maximum atomic E-state index is 14.5. The van der Waals surface area contributed by atoms with Crippen molar-refractivity contribution in [2.75, 3.05) is 0 Å². The number of pyridine rings is 1. The molecule has 0 aliphatic heterocycles. The van der Waals surface area contributed by atoms with Crippen molar-refractivity contribution >= 4 is 10.0 Å². The van der Waals surface area contributed by atoms with Crippen LogP contribution in [0, 0.1) is 23.0 Å². The SMILES string of the molecule is N#Cc1cccc(-c2cccnc2-c2cc(F)c(S(N)(=O)=O)cc2F)c1. The number of primary sulfonamides is 1. The molecule has 26 heavy (non-hydrogen) atoms. The van der Waals surface area contributed by atoms with Gasteiger partial charge in [0.05, 0.1) is 17.3 Å². The van der Waals surface area contributed by atoms with Gasteiger partial charge in [-0.2, -0.15) is 5.26 Å². The van der Waals surface area contributed by atoms with Crippen LogP contribution in [0.15, 0.2) is 59.6 Å². The molecule has 5 nitrogen and oxygen atoms in total. The van der Waals surface area contributed by atoms with Crippen LogP contribution in [0.4, 0.5) is 8.78 Å². The predicted molar refractivity (Wildman–Crippen MR) is 91.1 cm³/mol. The van der Waals surface area contributed by atoms with Crippen molar-refractivity contribution < 1.29 is 17.2 Å². The summed E-state index contributed by atoms with van der Waals surface area (Å²) in [6.45, 7) is 0. The molecular formula is C18H11F2N3O2S. The molecule has 0 aliphatic rings. The molecule has 0 radical (unpaired) electrons. The third-order valence-corrected chi connectivity index (χ3v) is 4.62. The van der Waals surface area contributed by atoms with Crippen LogP contribution in [0.1, 0.15) is 5.56 Å². The normalized spacial score (nSPS) is 11.2. The number of hydrogen-bond acceptors (Lipinski definition) is 4. The molecule has 3 rings (SSSR count). The van der Waals surface area contributed by atoms with Gasteiger partial charge < -0.3 is 0 Å². The Labute approximate surface area is 148 Å². The highest BCUT2D eigenvalue weighted by molar-refractivity contribution is 7.89. The zero-order chi connectivity index (χ0) is 18.9. The van der Waals surface area contributed by atoms with Crippen LogP contribution in [0.25, 0.3) is 22.4 Å². The molecule has 2 aromatic carbocycles. The van der Waals surface area contributed by atoms with Crippen molar-refractivity contribution in [3.8, 4) is 28.5 Å². The van der Waals surface area contributed by atoms with E-state index in [0.717, 1.165) is 6.07 Å². The fourth-order valence-corrected chi connectivity index (χ4v) is 3.14. The molecule has 0 fully saturated rings. The summed E-state index contributed by atoms with van der Waals surface area (Å²) in [7, 11) is -4.40. The lowest BCUT2D eigenvalue weighted by molar-refractivity contribution is 0.555. The van der Waals surface area contributed by atoms with Gasteiger partial charge in [0.15, 0.2) is 0 Å². The first-order valence-electron chi connectivity index (χ1n) is 7.29. The van der Waals surface area contributed by atoms with Gasteiger partial charge >= 0.3 is 0 Å². The van der Waals surface area contributed by atoms with E-state index >= 15 is 0 Å². The molecular weight excluding hydrogens is 360 g/mol. The summed E-state index contributed by atoms with van der Waals surface area (Å²) in [5.41, 5.74) is 1.34. The number of halogens is 2. The van der Waals surface area contributed by atoms with Crippen LogP contribution in [-0.2, 0) is 10.0 Å². The van der Waals surface area contributed by atoms with Gasteiger partial charge in [-0.05, 0) is 35.9 Å². The lowest BCUT2D eigenvalue weighted by Gasteiger charge is -2.11. The van der Waals surface area contributed by atoms with E-state index in [4.69, 9.17) is 10.4 Å². The molecule has 8 heteroatoms. The van der Waals surface area contributed by atoms with E-state index in [1.807, 2.05) is 6.07 Å². The quantitative estimate of drug-likeness (QED) is 0.764. The third kappa shape index (κ3) is 3.31. The highest BCUT2D eigenvalue weighted by Crippen LogP contribution is 2.33. The summed E-state index contributed by atoms with van der Waals surface area (Å²) in [6.07, 6.45) is 1.40. The van der Waals surface area contributed by atoms with Crippen LogP contribution >= 0.6 is 0 Å². The average molecular weight is 371 g/mol.